The summed E-state index contributed by atoms with van der Waals surface area (Å²) in [4.78, 5) is 11.8. The molecule has 0 unspecified atom stereocenters. The number of alkyl halides is 1. The van der Waals surface area contributed by atoms with E-state index in [9.17, 15) is 13.2 Å². The Morgan fingerprint density at radius 1 is 1.33 bits per heavy atom. The van der Waals surface area contributed by atoms with Crippen LogP contribution in [-0.4, -0.2) is 24.6 Å². The van der Waals surface area contributed by atoms with Crippen LogP contribution in [0.25, 0.3) is 0 Å². The van der Waals surface area contributed by atoms with E-state index in [2.05, 4.69) is 15.9 Å². The minimum Gasteiger partial charge on any atom is -0.292 e. The molecule has 0 fully saturated rings. The van der Waals surface area contributed by atoms with E-state index >= 15 is 0 Å². The highest BCUT2D eigenvalue weighted by molar-refractivity contribution is 9.11. The molecule has 1 aromatic rings. The molecule has 1 atom stereocenters. The van der Waals surface area contributed by atoms with Gasteiger partial charge in [0.2, 0.25) is 0 Å². The fourth-order valence-electron chi connectivity index (χ4n) is 1.17. The summed E-state index contributed by atoms with van der Waals surface area (Å²) in [6.45, 7) is 1.77. The largest absolute Gasteiger partial charge is 0.292 e. The molecule has 0 spiro atoms. The molecule has 0 aliphatic carbocycles. The molecule has 0 aliphatic heterocycles. The van der Waals surface area contributed by atoms with Gasteiger partial charge in [-0.25, -0.2) is 8.42 Å². The molecule has 5 heteroatoms. The molecule has 0 saturated carbocycles. The maximum Gasteiger partial charge on any atom is 0.191 e. The van der Waals surface area contributed by atoms with Gasteiger partial charge in [-0.1, -0.05) is 40.2 Å². The first kappa shape index (κ1) is 12.4. The van der Waals surface area contributed by atoms with Crippen molar-refractivity contribution in [2.45, 2.75) is 11.1 Å². The summed E-state index contributed by atoms with van der Waals surface area (Å²) in [5, 5.41) is 0. The van der Waals surface area contributed by atoms with Crippen molar-refractivity contribution >= 4 is 31.6 Å². The summed E-state index contributed by atoms with van der Waals surface area (Å²) < 4.78 is 21.2. The lowest BCUT2D eigenvalue weighted by molar-refractivity contribution is 0.101. The standard InChI is InChI=1S/C10H11BrO3S/c1-7-5-3-4-6-8(7)9(12)10(11)15(2,13)14/h3-6,10H,1-2H3/t10-/m1/s1. The molecule has 3 nitrogen and oxygen atoms in total. The Balaban J connectivity index is 3.12. The molecule has 0 N–H and O–H groups in total. The predicted octanol–water partition coefficient (Wildman–Crippen LogP) is 1.94. The number of rotatable bonds is 3. The van der Waals surface area contributed by atoms with Gasteiger partial charge in [0.15, 0.2) is 19.8 Å². The fraction of sp³-hybridized carbons (Fsp3) is 0.300. The first-order valence-electron chi connectivity index (χ1n) is 4.27. The van der Waals surface area contributed by atoms with E-state index < -0.39 is 19.8 Å². The van der Waals surface area contributed by atoms with Crippen molar-refractivity contribution in [3.05, 3.63) is 35.4 Å². The zero-order chi connectivity index (χ0) is 11.6. The number of halogens is 1. The van der Waals surface area contributed by atoms with Gasteiger partial charge < -0.3 is 0 Å². The molecule has 0 bridgehead atoms. The maximum absolute atomic E-state index is 11.8. The van der Waals surface area contributed by atoms with Crippen molar-refractivity contribution in [3.8, 4) is 0 Å². The third-order valence-corrected chi connectivity index (χ3v) is 5.41. The lowest BCUT2D eigenvalue weighted by Crippen LogP contribution is -2.24. The number of sulfone groups is 1. The number of hydrogen-bond acceptors (Lipinski definition) is 3. The Kier molecular flexibility index (Phi) is 3.67. The van der Waals surface area contributed by atoms with Crippen LogP contribution >= 0.6 is 15.9 Å². The molecule has 0 radical (unpaired) electrons. The molecule has 82 valence electrons. The second-order valence-electron chi connectivity index (χ2n) is 3.32. The van der Waals surface area contributed by atoms with Crippen LogP contribution in [-0.2, 0) is 9.84 Å². The van der Waals surface area contributed by atoms with Crippen LogP contribution in [0.5, 0.6) is 0 Å². The van der Waals surface area contributed by atoms with Gasteiger partial charge >= 0.3 is 0 Å². The van der Waals surface area contributed by atoms with E-state index in [1.807, 2.05) is 0 Å². The van der Waals surface area contributed by atoms with Gasteiger partial charge in [-0.15, -0.1) is 0 Å². The Bertz CT molecular complexity index is 479. The number of Topliss-reactive ketones (excluding diaryl/α,β-unsaturated/α-hetero) is 1. The fourth-order valence-corrected chi connectivity index (χ4v) is 1.93. The smallest absolute Gasteiger partial charge is 0.191 e. The summed E-state index contributed by atoms with van der Waals surface area (Å²) in [6.07, 6.45) is 1.03. The van der Waals surface area contributed by atoms with Crippen LogP contribution in [0, 0.1) is 6.92 Å². The summed E-state index contributed by atoms with van der Waals surface area (Å²) in [5.41, 5.74) is 1.21. The maximum atomic E-state index is 11.8. The average Bonchev–Trinajstić information content (AvgIpc) is 2.15. The molecule has 0 saturated heterocycles. The van der Waals surface area contributed by atoms with Crippen molar-refractivity contribution < 1.29 is 13.2 Å². The number of benzene rings is 1. The van der Waals surface area contributed by atoms with Crippen molar-refractivity contribution in [2.24, 2.45) is 0 Å². The third-order valence-electron chi connectivity index (χ3n) is 1.99. The second kappa shape index (κ2) is 4.45. The van der Waals surface area contributed by atoms with Crippen molar-refractivity contribution in [1.82, 2.24) is 0 Å². The molecule has 15 heavy (non-hydrogen) atoms. The summed E-state index contributed by atoms with van der Waals surface area (Å²) in [6, 6.07) is 6.91. The molecular formula is C10H11BrO3S. The molecular weight excluding hydrogens is 280 g/mol. The zero-order valence-corrected chi connectivity index (χ0v) is 10.8. The SMILES string of the molecule is Cc1ccccc1C(=O)[C@H](Br)S(C)(=O)=O. The van der Waals surface area contributed by atoms with Crippen LogP contribution in [0.1, 0.15) is 15.9 Å². The average molecular weight is 291 g/mol. The van der Waals surface area contributed by atoms with Gasteiger partial charge in [-0.3, -0.25) is 4.79 Å². The van der Waals surface area contributed by atoms with E-state index in [0.717, 1.165) is 11.8 Å². The van der Waals surface area contributed by atoms with E-state index in [-0.39, 0.29) is 0 Å². The van der Waals surface area contributed by atoms with Gasteiger partial charge in [-0.2, -0.15) is 0 Å². The highest BCUT2D eigenvalue weighted by Gasteiger charge is 2.27. The molecule has 0 heterocycles. The third kappa shape index (κ3) is 2.89. The van der Waals surface area contributed by atoms with Crippen molar-refractivity contribution in [3.63, 3.8) is 0 Å². The minimum absolute atomic E-state index is 0.421. The van der Waals surface area contributed by atoms with Crippen LogP contribution in [0.15, 0.2) is 24.3 Å². The second-order valence-corrected chi connectivity index (χ2v) is 6.98. The van der Waals surface area contributed by atoms with Gasteiger partial charge in [0.1, 0.15) is 0 Å². The number of hydrogen-bond donors (Lipinski definition) is 0. The predicted molar refractivity (Wildman–Crippen MR) is 63.1 cm³/mol. The monoisotopic (exact) mass is 290 g/mol. The molecule has 0 aromatic heterocycles. The quantitative estimate of drug-likeness (QED) is 0.631. The Labute approximate surface area is 97.5 Å². The molecule has 1 rings (SSSR count). The highest BCUT2D eigenvalue weighted by atomic mass is 79.9. The number of carbonyl (C=O) groups excluding carboxylic acids is 1. The lowest BCUT2D eigenvalue weighted by atomic mass is 10.1. The molecule has 0 aliphatic rings. The summed E-state index contributed by atoms with van der Waals surface area (Å²) in [5.74, 6) is -0.421. The van der Waals surface area contributed by atoms with Crippen molar-refractivity contribution in [1.29, 1.82) is 0 Å². The molecule has 1 aromatic carbocycles. The van der Waals surface area contributed by atoms with Crippen LogP contribution in [0.2, 0.25) is 0 Å². The minimum atomic E-state index is -3.40. The van der Waals surface area contributed by atoms with E-state index in [0.29, 0.717) is 5.56 Å². The van der Waals surface area contributed by atoms with Gasteiger partial charge in [0.05, 0.1) is 0 Å². The zero-order valence-electron chi connectivity index (χ0n) is 8.40. The molecule has 0 amide bonds. The summed E-state index contributed by atoms with van der Waals surface area (Å²) >= 11 is 2.90. The topological polar surface area (TPSA) is 51.2 Å². The first-order chi connectivity index (χ1) is 6.84. The Hall–Kier alpha value is -0.680. The van der Waals surface area contributed by atoms with Gasteiger partial charge in [-0.05, 0) is 12.5 Å². The lowest BCUT2D eigenvalue weighted by Gasteiger charge is -2.08. The Morgan fingerprint density at radius 2 is 1.87 bits per heavy atom. The summed E-state index contributed by atoms with van der Waals surface area (Å²) in [7, 11) is -3.40. The van der Waals surface area contributed by atoms with Gasteiger partial charge in [0.25, 0.3) is 0 Å². The van der Waals surface area contributed by atoms with Crippen molar-refractivity contribution in [2.75, 3.05) is 6.26 Å². The van der Waals surface area contributed by atoms with Crippen LogP contribution in [0.3, 0.4) is 0 Å². The van der Waals surface area contributed by atoms with Crippen LogP contribution in [0.4, 0.5) is 0 Å². The van der Waals surface area contributed by atoms with E-state index in [4.69, 9.17) is 0 Å². The first-order valence-corrected chi connectivity index (χ1v) is 7.14. The van der Waals surface area contributed by atoms with Gasteiger partial charge in [0, 0.05) is 11.8 Å². The number of carbonyl (C=O) groups is 1. The normalized spacial score (nSPS) is 13.5. The van der Waals surface area contributed by atoms with E-state index in [1.165, 1.54) is 0 Å². The number of ketones is 1. The number of aryl methyl sites for hydroxylation is 1. The Morgan fingerprint density at radius 3 is 2.33 bits per heavy atom. The van der Waals surface area contributed by atoms with E-state index in [1.54, 1.807) is 31.2 Å². The van der Waals surface area contributed by atoms with Crippen LogP contribution < -0.4 is 0 Å². The highest BCUT2D eigenvalue weighted by Crippen LogP contribution is 2.17.